The van der Waals surface area contributed by atoms with Gasteiger partial charge in [-0.3, -0.25) is 24.0 Å². The number of benzene rings is 2. The molecule has 300 valence electrons. The number of thioether (sulfide) groups is 1. The maximum atomic E-state index is 13.0. The van der Waals surface area contributed by atoms with Crippen LogP contribution in [-0.4, -0.2) is 97.0 Å². The highest BCUT2D eigenvalue weighted by molar-refractivity contribution is 8.13. The van der Waals surface area contributed by atoms with E-state index >= 15 is 0 Å². The molecule has 2 aromatic rings. The average Bonchev–Trinajstić information content (AvgIpc) is 3.16. The number of hydrogen-bond acceptors (Lipinski definition) is 12. The predicted octanol–water partition coefficient (Wildman–Crippen LogP) is 1.69. The molecule has 0 aliphatic rings. The first-order valence-corrected chi connectivity index (χ1v) is 18.5. The molecule has 6 N–H and O–H groups in total. The molecule has 0 bridgehead atoms. The number of ether oxygens (including phenoxy) is 3. The summed E-state index contributed by atoms with van der Waals surface area (Å²) in [5.74, 6) is -3.62. The number of methoxy groups -OCH3 is 1. The summed E-state index contributed by atoms with van der Waals surface area (Å²) in [6.45, 7) is 5.96. The molecule has 4 atom stereocenters. The van der Waals surface area contributed by atoms with Gasteiger partial charge in [0.15, 0.2) is 0 Å². The van der Waals surface area contributed by atoms with Crippen LogP contribution in [0.3, 0.4) is 0 Å². The van der Waals surface area contributed by atoms with Crippen LogP contribution in [-0.2, 0) is 56.2 Å². The number of esters is 1. The number of rotatable bonds is 21. The second-order valence-corrected chi connectivity index (χ2v) is 13.7. The van der Waals surface area contributed by atoms with Crippen LogP contribution < -0.4 is 31.9 Å². The standard InChI is InChI=1S/C37H50N6O11S/c1-23(2)18-28(42-30(44)16-17-38-32(46)24(3)40-36(50)53-20-26-12-8-6-9-13-26)33(47)39-19-31(45)43-29(34(48)52-5)22-55-35(49)25(4)41-37(51)54-21-27-14-10-7-11-15-27/h6-15,23-25,28-29H,16-22H2,1-5H3,(H,38,46)(H,39,47)(H,40,50)(H,41,51)(H,42,44)(H,43,45)/t24-,25-,28-,29-/m0/s1. The molecule has 0 fully saturated rings. The van der Waals surface area contributed by atoms with Gasteiger partial charge in [0, 0.05) is 18.7 Å². The zero-order chi connectivity index (χ0) is 40.8. The van der Waals surface area contributed by atoms with Crippen LogP contribution in [0.15, 0.2) is 60.7 Å². The van der Waals surface area contributed by atoms with E-state index in [9.17, 15) is 38.4 Å². The summed E-state index contributed by atoms with van der Waals surface area (Å²) in [6, 6.07) is 13.8. The molecule has 18 heteroatoms. The molecule has 0 saturated heterocycles. The lowest BCUT2D eigenvalue weighted by atomic mass is 10.0. The van der Waals surface area contributed by atoms with E-state index in [4.69, 9.17) is 14.2 Å². The minimum Gasteiger partial charge on any atom is -0.467 e. The van der Waals surface area contributed by atoms with Crippen LogP contribution in [0, 0.1) is 5.92 Å². The Kier molecular flexibility index (Phi) is 20.4. The quantitative estimate of drug-likeness (QED) is 0.0784. The molecule has 0 aliphatic heterocycles. The van der Waals surface area contributed by atoms with E-state index in [1.807, 2.05) is 26.0 Å². The topological polar surface area (TPSA) is 236 Å². The van der Waals surface area contributed by atoms with Crippen molar-refractivity contribution in [1.82, 2.24) is 31.9 Å². The molecule has 0 aromatic heterocycles. The van der Waals surface area contributed by atoms with Crippen molar-refractivity contribution in [2.75, 3.05) is 26.0 Å². The smallest absolute Gasteiger partial charge is 0.408 e. The van der Waals surface area contributed by atoms with Crippen molar-refractivity contribution in [2.24, 2.45) is 5.92 Å². The third kappa shape index (κ3) is 18.8. The minimum absolute atomic E-state index is 0.00771. The van der Waals surface area contributed by atoms with Gasteiger partial charge in [0.2, 0.25) is 28.7 Å². The van der Waals surface area contributed by atoms with Crippen molar-refractivity contribution in [3.8, 4) is 0 Å². The lowest BCUT2D eigenvalue weighted by molar-refractivity contribution is -0.144. The van der Waals surface area contributed by atoms with Gasteiger partial charge in [-0.15, -0.1) is 0 Å². The Morgan fingerprint density at radius 1 is 0.636 bits per heavy atom. The molecule has 6 amide bonds. The van der Waals surface area contributed by atoms with Gasteiger partial charge in [-0.25, -0.2) is 14.4 Å². The fourth-order valence-corrected chi connectivity index (χ4v) is 5.43. The zero-order valence-electron chi connectivity index (χ0n) is 31.5. The molecule has 2 rings (SSSR count). The summed E-state index contributed by atoms with van der Waals surface area (Å²) < 4.78 is 15.0. The molecule has 17 nitrogen and oxygen atoms in total. The fourth-order valence-electron chi connectivity index (χ4n) is 4.57. The summed E-state index contributed by atoms with van der Waals surface area (Å²) in [5.41, 5.74) is 1.54. The van der Waals surface area contributed by atoms with E-state index < -0.39 is 77.6 Å². The SMILES string of the molecule is COC(=O)[C@H](CSC(=O)[C@H](C)NC(=O)OCc1ccccc1)NC(=O)CNC(=O)[C@H](CC(C)C)NC(=O)CCNC(=O)[C@H](C)NC(=O)OCc1ccccc1. The largest absolute Gasteiger partial charge is 0.467 e. The van der Waals surface area contributed by atoms with E-state index in [0.717, 1.165) is 18.2 Å². The second kappa shape index (κ2) is 24.6. The van der Waals surface area contributed by atoms with Crippen molar-refractivity contribution in [2.45, 2.75) is 77.9 Å². The van der Waals surface area contributed by atoms with Gasteiger partial charge in [-0.1, -0.05) is 86.3 Å². The van der Waals surface area contributed by atoms with Gasteiger partial charge < -0.3 is 46.1 Å². The van der Waals surface area contributed by atoms with E-state index in [0.29, 0.717) is 11.8 Å². The van der Waals surface area contributed by atoms with Crippen LogP contribution in [0.2, 0.25) is 0 Å². The van der Waals surface area contributed by atoms with E-state index in [1.54, 1.807) is 48.5 Å². The number of amides is 6. The van der Waals surface area contributed by atoms with E-state index in [1.165, 1.54) is 13.8 Å². The predicted molar refractivity (Wildman–Crippen MR) is 202 cm³/mol. The Morgan fingerprint density at radius 2 is 1.16 bits per heavy atom. The molecule has 0 unspecified atom stereocenters. The van der Waals surface area contributed by atoms with Crippen LogP contribution in [0.4, 0.5) is 9.59 Å². The summed E-state index contributed by atoms with van der Waals surface area (Å²) >= 11 is 0.681. The highest BCUT2D eigenvalue weighted by Crippen LogP contribution is 2.10. The van der Waals surface area contributed by atoms with Crippen LogP contribution in [0.5, 0.6) is 0 Å². The average molecular weight is 787 g/mol. The first-order chi connectivity index (χ1) is 26.2. The summed E-state index contributed by atoms with van der Waals surface area (Å²) in [7, 11) is 1.11. The maximum absolute atomic E-state index is 13.0. The van der Waals surface area contributed by atoms with Crippen LogP contribution >= 0.6 is 11.8 Å². The number of hydrogen-bond donors (Lipinski definition) is 6. The van der Waals surface area contributed by atoms with Crippen molar-refractivity contribution >= 4 is 58.7 Å². The Bertz CT molecular complexity index is 1600. The Balaban J connectivity index is 1.77. The van der Waals surface area contributed by atoms with E-state index in [2.05, 4.69) is 31.9 Å². The lowest BCUT2D eigenvalue weighted by Crippen LogP contribution is -2.52. The monoisotopic (exact) mass is 786 g/mol. The normalized spacial score (nSPS) is 12.8. The fraction of sp³-hybridized carbons (Fsp3) is 0.459. The van der Waals surface area contributed by atoms with Crippen LogP contribution in [0.1, 0.15) is 51.7 Å². The lowest BCUT2D eigenvalue weighted by Gasteiger charge is -2.21. The Hall–Kier alpha value is -5.65. The van der Waals surface area contributed by atoms with Crippen molar-refractivity contribution in [3.63, 3.8) is 0 Å². The summed E-state index contributed by atoms with van der Waals surface area (Å²) in [4.78, 5) is 100. The summed E-state index contributed by atoms with van der Waals surface area (Å²) in [6.07, 6.45) is -1.55. The van der Waals surface area contributed by atoms with Gasteiger partial charge in [-0.2, -0.15) is 0 Å². The van der Waals surface area contributed by atoms with Crippen molar-refractivity contribution in [3.05, 3.63) is 71.8 Å². The first-order valence-electron chi connectivity index (χ1n) is 17.5. The number of carbonyl (C=O) groups excluding carboxylic acids is 8. The van der Waals surface area contributed by atoms with Gasteiger partial charge >= 0.3 is 18.2 Å². The van der Waals surface area contributed by atoms with Gasteiger partial charge in [0.25, 0.3) is 0 Å². The molecule has 0 radical (unpaired) electrons. The maximum Gasteiger partial charge on any atom is 0.408 e. The molecule has 2 aromatic carbocycles. The number of alkyl carbamates (subject to hydrolysis) is 2. The number of carbonyl (C=O) groups is 8. The molecule has 0 spiro atoms. The molecule has 0 saturated carbocycles. The minimum atomic E-state index is -1.26. The molecule has 0 aliphatic carbocycles. The van der Waals surface area contributed by atoms with Crippen LogP contribution in [0.25, 0.3) is 0 Å². The molecule has 0 heterocycles. The van der Waals surface area contributed by atoms with Gasteiger partial charge in [-0.05, 0) is 37.3 Å². The zero-order valence-corrected chi connectivity index (χ0v) is 32.3. The first kappa shape index (κ1) is 45.5. The Labute approximate surface area is 324 Å². The molecular formula is C37H50N6O11S. The third-order valence-corrected chi connectivity index (χ3v) is 8.63. The highest BCUT2D eigenvalue weighted by Gasteiger charge is 2.27. The molecule has 55 heavy (non-hydrogen) atoms. The Morgan fingerprint density at radius 3 is 1.69 bits per heavy atom. The third-order valence-electron chi connectivity index (χ3n) is 7.49. The van der Waals surface area contributed by atoms with Gasteiger partial charge in [0.05, 0.1) is 19.7 Å². The number of nitrogens with one attached hydrogen (secondary N) is 6. The van der Waals surface area contributed by atoms with Crippen molar-refractivity contribution < 1.29 is 52.6 Å². The summed E-state index contributed by atoms with van der Waals surface area (Å²) in [5, 5.41) is 14.3. The second-order valence-electron chi connectivity index (χ2n) is 12.6. The van der Waals surface area contributed by atoms with Gasteiger partial charge in [0.1, 0.15) is 31.3 Å². The van der Waals surface area contributed by atoms with Crippen molar-refractivity contribution in [1.29, 1.82) is 0 Å². The molecular weight excluding hydrogens is 737 g/mol. The van der Waals surface area contributed by atoms with E-state index in [-0.39, 0.29) is 44.3 Å². The highest BCUT2D eigenvalue weighted by atomic mass is 32.2.